The standard InChI is InChI=1S/C35H37ClN4O4/c1-2-44-27-17-15-24(16-18-27)19-30(28-9-6-10-29(32(28)36)33(38)41)34(42)40-31(20-23-7-4-3-5-8-23)35(43)39-22-26-13-11-25(21-37)12-14-26/h3-18,30-31H,2,19-22,37H2,1H3,(H2,38,41)(H,39,43)(H,40,42)/t30-,31+/m1/s1. The first-order chi connectivity index (χ1) is 21.3. The lowest BCUT2D eigenvalue weighted by Gasteiger charge is -2.24. The maximum absolute atomic E-state index is 14.1. The largest absolute Gasteiger partial charge is 0.494 e. The van der Waals surface area contributed by atoms with Crippen LogP contribution in [0.1, 0.15) is 51.0 Å². The Kier molecular flexibility index (Phi) is 11.5. The summed E-state index contributed by atoms with van der Waals surface area (Å²) in [6.45, 7) is 3.15. The van der Waals surface area contributed by atoms with Crippen LogP contribution in [0.25, 0.3) is 0 Å². The molecular formula is C35H37ClN4O4. The minimum Gasteiger partial charge on any atom is -0.494 e. The maximum Gasteiger partial charge on any atom is 0.250 e. The minimum absolute atomic E-state index is 0.107. The van der Waals surface area contributed by atoms with Crippen LogP contribution in [0.4, 0.5) is 0 Å². The van der Waals surface area contributed by atoms with Crippen LogP contribution in [0.15, 0.2) is 97.1 Å². The van der Waals surface area contributed by atoms with Crippen LogP contribution in [0.2, 0.25) is 5.02 Å². The topological polar surface area (TPSA) is 137 Å². The van der Waals surface area contributed by atoms with Crippen LogP contribution in [0.3, 0.4) is 0 Å². The lowest BCUT2D eigenvalue weighted by atomic mass is 9.89. The predicted molar refractivity (Wildman–Crippen MR) is 172 cm³/mol. The van der Waals surface area contributed by atoms with E-state index < -0.39 is 23.8 Å². The van der Waals surface area contributed by atoms with Crippen molar-refractivity contribution < 1.29 is 19.1 Å². The summed E-state index contributed by atoms with van der Waals surface area (Å²) in [4.78, 5) is 39.7. The van der Waals surface area contributed by atoms with Crippen molar-refractivity contribution in [1.82, 2.24) is 10.6 Å². The van der Waals surface area contributed by atoms with Gasteiger partial charge in [0.05, 0.1) is 23.1 Å². The highest BCUT2D eigenvalue weighted by Gasteiger charge is 2.29. The molecule has 0 saturated carbocycles. The van der Waals surface area contributed by atoms with Crippen LogP contribution in [-0.2, 0) is 35.5 Å². The number of hydrogen-bond donors (Lipinski definition) is 4. The zero-order chi connectivity index (χ0) is 31.5. The predicted octanol–water partition coefficient (Wildman–Crippen LogP) is 4.67. The van der Waals surface area contributed by atoms with Gasteiger partial charge in [0.25, 0.3) is 0 Å². The molecule has 228 valence electrons. The van der Waals surface area contributed by atoms with Gasteiger partial charge in [0.15, 0.2) is 0 Å². The first-order valence-corrected chi connectivity index (χ1v) is 14.9. The second-order valence-corrected chi connectivity index (χ2v) is 10.8. The summed E-state index contributed by atoms with van der Waals surface area (Å²) in [6.07, 6.45) is 0.530. The molecule has 0 spiro atoms. The summed E-state index contributed by atoms with van der Waals surface area (Å²) < 4.78 is 5.56. The van der Waals surface area contributed by atoms with Gasteiger partial charge in [-0.1, -0.05) is 90.5 Å². The summed E-state index contributed by atoms with van der Waals surface area (Å²) in [5.41, 5.74) is 15.5. The van der Waals surface area contributed by atoms with E-state index in [1.54, 1.807) is 12.1 Å². The summed E-state index contributed by atoms with van der Waals surface area (Å²) in [7, 11) is 0. The zero-order valence-electron chi connectivity index (χ0n) is 24.6. The highest BCUT2D eigenvalue weighted by molar-refractivity contribution is 6.34. The average Bonchev–Trinajstić information content (AvgIpc) is 3.04. The van der Waals surface area contributed by atoms with Gasteiger partial charge in [-0.2, -0.15) is 0 Å². The van der Waals surface area contributed by atoms with Gasteiger partial charge >= 0.3 is 0 Å². The minimum atomic E-state index is -0.880. The van der Waals surface area contributed by atoms with Crippen molar-refractivity contribution in [3.05, 3.63) is 135 Å². The molecule has 4 rings (SSSR count). The third-order valence-corrected chi connectivity index (χ3v) is 7.72. The van der Waals surface area contributed by atoms with Crippen LogP contribution in [0, 0.1) is 0 Å². The van der Waals surface area contributed by atoms with Crippen molar-refractivity contribution in [2.24, 2.45) is 11.5 Å². The SMILES string of the molecule is CCOc1ccc(C[C@@H](C(=O)N[C@@H](Cc2ccccc2)C(=O)NCc2ccc(CN)cc2)c2cccc(C(N)=O)c2Cl)cc1. The average molecular weight is 613 g/mol. The molecule has 0 heterocycles. The van der Waals surface area contributed by atoms with Crippen molar-refractivity contribution in [2.45, 2.75) is 44.8 Å². The van der Waals surface area contributed by atoms with E-state index >= 15 is 0 Å². The van der Waals surface area contributed by atoms with Gasteiger partial charge < -0.3 is 26.8 Å². The number of carbonyl (C=O) groups is 3. The monoisotopic (exact) mass is 612 g/mol. The van der Waals surface area contributed by atoms with E-state index in [-0.39, 0.29) is 35.9 Å². The fraction of sp³-hybridized carbons (Fsp3) is 0.229. The molecule has 6 N–H and O–H groups in total. The molecule has 0 fully saturated rings. The van der Waals surface area contributed by atoms with E-state index in [2.05, 4.69) is 10.6 Å². The smallest absolute Gasteiger partial charge is 0.250 e. The van der Waals surface area contributed by atoms with Gasteiger partial charge in [-0.25, -0.2) is 0 Å². The first kappa shape index (κ1) is 32.3. The molecule has 0 saturated heterocycles. The van der Waals surface area contributed by atoms with Gasteiger partial charge in [-0.3, -0.25) is 14.4 Å². The molecule has 0 aliphatic rings. The molecule has 0 radical (unpaired) electrons. The van der Waals surface area contributed by atoms with Gasteiger partial charge in [-0.15, -0.1) is 0 Å². The molecule has 8 nitrogen and oxygen atoms in total. The number of nitrogens with two attached hydrogens (primary N) is 2. The number of hydrogen-bond acceptors (Lipinski definition) is 5. The Hall–Kier alpha value is -4.66. The van der Waals surface area contributed by atoms with E-state index in [9.17, 15) is 14.4 Å². The maximum atomic E-state index is 14.1. The second-order valence-electron chi connectivity index (χ2n) is 10.4. The Morgan fingerprint density at radius 2 is 1.41 bits per heavy atom. The Bertz CT molecular complexity index is 1560. The Morgan fingerprint density at radius 1 is 0.773 bits per heavy atom. The Balaban J connectivity index is 1.62. The number of nitrogens with one attached hydrogen (secondary N) is 2. The highest BCUT2D eigenvalue weighted by atomic mass is 35.5. The normalized spacial score (nSPS) is 12.2. The van der Waals surface area contributed by atoms with Crippen molar-refractivity contribution in [3.8, 4) is 5.75 Å². The second kappa shape index (κ2) is 15.7. The molecule has 0 aliphatic carbocycles. The van der Waals surface area contributed by atoms with Gasteiger partial charge in [0, 0.05) is 19.5 Å². The number of carbonyl (C=O) groups excluding carboxylic acids is 3. The molecule has 9 heteroatoms. The lowest BCUT2D eigenvalue weighted by Crippen LogP contribution is -2.49. The number of primary amides is 1. The number of halogens is 1. The molecular weight excluding hydrogens is 576 g/mol. The van der Waals surface area contributed by atoms with E-state index in [0.29, 0.717) is 24.5 Å². The van der Waals surface area contributed by atoms with Crippen molar-refractivity contribution in [2.75, 3.05) is 6.61 Å². The van der Waals surface area contributed by atoms with Gasteiger partial charge in [0.2, 0.25) is 17.7 Å². The number of ether oxygens (including phenoxy) is 1. The molecule has 4 aromatic rings. The number of amides is 3. The van der Waals surface area contributed by atoms with Gasteiger partial charge in [-0.05, 0) is 59.4 Å². The summed E-state index contributed by atoms with van der Waals surface area (Å²) in [5.74, 6) is -1.55. The highest BCUT2D eigenvalue weighted by Crippen LogP contribution is 2.31. The Labute approximate surface area is 262 Å². The van der Waals surface area contributed by atoms with E-state index in [1.807, 2.05) is 85.8 Å². The quantitative estimate of drug-likeness (QED) is 0.164. The first-order valence-electron chi connectivity index (χ1n) is 14.5. The lowest BCUT2D eigenvalue weighted by molar-refractivity contribution is -0.129. The van der Waals surface area contributed by atoms with E-state index in [4.69, 9.17) is 27.8 Å². The van der Waals surface area contributed by atoms with Crippen LogP contribution in [-0.4, -0.2) is 30.4 Å². The number of rotatable bonds is 14. The molecule has 4 aromatic carbocycles. The fourth-order valence-corrected chi connectivity index (χ4v) is 5.27. The molecule has 3 amide bonds. The third kappa shape index (κ3) is 8.69. The molecule has 0 unspecified atom stereocenters. The molecule has 0 aromatic heterocycles. The molecule has 0 bridgehead atoms. The molecule has 44 heavy (non-hydrogen) atoms. The Morgan fingerprint density at radius 3 is 2.05 bits per heavy atom. The van der Waals surface area contributed by atoms with Crippen molar-refractivity contribution in [1.29, 1.82) is 0 Å². The molecule has 0 aliphatic heterocycles. The van der Waals surface area contributed by atoms with E-state index in [1.165, 1.54) is 6.07 Å². The van der Waals surface area contributed by atoms with Crippen molar-refractivity contribution >= 4 is 29.3 Å². The van der Waals surface area contributed by atoms with E-state index in [0.717, 1.165) is 22.3 Å². The summed E-state index contributed by atoms with van der Waals surface area (Å²) in [6, 6.07) is 28.5. The van der Waals surface area contributed by atoms with Crippen LogP contribution in [0.5, 0.6) is 5.75 Å². The van der Waals surface area contributed by atoms with Crippen molar-refractivity contribution in [3.63, 3.8) is 0 Å². The fourth-order valence-electron chi connectivity index (χ4n) is 4.91. The summed E-state index contributed by atoms with van der Waals surface area (Å²) >= 11 is 6.66. The van der Waals surface area contributed by atoms with Crippen LogP contribution < -0.4 is 26.8 Å². The van der Waals surface area contributed by atoms with Crippen LogP contribution >= 0.6 is 11.6 Å². The third-order valence-electron chi connectivity index (χ3n) is 7.30. The van der Waals surface area contributed by atoms with Gasteiger partial charge in [0.1, 0.15) is 11.8 Å². The zero-order valence-corrected chi connectivity index (χ0v) is 25.3. The number of benzene rings is 4. The molecule has 2 atom stereocenters. The summed E-state index contributed by atoms with van der Waals surface area (Å²) in [5, 5.41) is 6.04.